The van der Waals surface area contributed by atoms with Crippen molar-refractivity contribution in [3.63, 3.8) is 0 Å². The lowest BCUT2D eigenvalue weighted by Gasteiger charge is -2.37. The molecule has 0 unspecified atom stereocenters. The Hall–Kier alpha value is -2.44. The first kappa shape index (κ1) is 15.9. The standard InChI is InChI=1S/C15H20N2O5/c1-15(2,3)17(14(19)20)11-8-22-12-7-9(21-4)5-6-10(12)16-13(11)18/h5-7,11H,8H2,1-4H3,(H,16,18)(H,19,20)/t11-/m0/s1. The van der Waals surface area contributed by atoms with Gasteiger partial charge in [0.15, 0.2) is 0 Å². The van der Waals surface area contributed by atoms with E-state index in [4.69, 9.17) is 9.47 Å². The van der Waals surface area contributed by atoms with E-state index in [2.05, 4.69) is 5.32 Å². The molecule has 0 saturated heterocycles. The molecule has 1 heterocycles. The Labute approximate surface area is 128 Å². The molecule has 1 aromatic carbocycles. The highest BCUT2D eigenvalue weighted by molar-refractivity contribution is 5.98. The van der Waals surface area contributed by atoms with Gasteiger partial charge in [0.2, 0.25) is 0 Å². The lowest BCUT2D eigenvalue weighted by molar-refractivity contribution is -0.123. The highest BCUT2D eigenvalue weighted by atomic mass is 16.5. The summed E-state index contributed by atoms with van der Waals surface area (Å²) in [5, 5.41) is 12.1. The Morgan fingerprint density at radius 1 is 1.45 bits per heavy atom. The van der Waals surface area contributed by atoms with E-state index in [1.807, 2.05) is 0 Å². The molecule has 0 saturated carbocycles. The van der Waals surface area contributed by atoms with Gasteiger partial charge in [0.1, 0.15) is 24.1 Å². The molecule has 0 fully saturated rings. The molecule has 2 rings (SSSR count). The summed E-state index contributed by atoms with van der Waals surface area (Å²) < 4.78 is 10.7. The van der Waals surface area contributed by atoms with Gasteiger partial charge in [-0.15, -0.1) is 0 Å². The lowest BCUT2D eigenvalue weighted by Crippen LogP contribution is -2.57. The Kier molecular flexibility index (Phi) is 4.16. The summed E-state index contributed by atoms with van der Waals surface area (Å²) in [6.45, 7) is 5.13. The third kappa shape index (κ3) is 3.08. The van der Waals surface area contributed by atoms with Crippen molar-refractivity contribution in [3.05, 3.63) is 18.2 Å². The SMILES string of the molecule is COc1ccc2c(c1)OC[C@H](N(C(=O)O)C(C)(C)C)C(=O)N2. The van der Waals surface area contributed by atoms with Gasteiger partial charge in [-0.3, -0.25) is 9.69 Å². The van der Waals surface area contributed by atoms with Crippen LogP contribution in [0.1, 0.15) is 20.8 Å². The first-order valence-corrected chi connectivity index (χ1v) is 6.88. The minimum atomic E-state index is -1.17. The number of methoxy groups -OCH3 is 1. The fourth-order valence-corrected chi connectivity index (χ4v) is 2.39. The van der Waals surface area contributed by atoms with Crippen LogP contribution in [-0.2, 0) is 4.79 Å². The minimum Gasteiger partial charge on any atom is -0.497 e. The highest BCUT2D eigenvalue weighted by Gasteiger charge is 2.39. The normalized spacial score (nSPS) is 17.6. The van der Waals surface area contributed by atoms with E-state index in [1.165, 1.54) is 7.11 Å². The molecule has 1 aromatic rings. The number of nitrogens with zero attached hydrogens (tertiary/aromatic N) is 1. The van der Waals surface area contributed by atoms with Gasteiger partial charge in [0.25, 0.3) is 5.91 Å². The van der Waals surface area contributed by atoms with Crippen molar-refractivity contribution >= 4 is 17.7 Å². The van der Waals surface area contributed by atoms with Crippen LogP contribution in [0.5, 0.6) is 11.5 Å². The fraction of sp³-hybridized carbons (Fsp3) is 0.467. The van der Waals surface area contributed by atoms with Gasteiger partial charge < -0.3 is 19.9 Å². The van der Waals surface area contributed by atoms with E-state index in [1.54, 1.807) is 39.0 Å². The van der Waals surface area contributed by atoms with Gasteiger partial charge >= 0.3 is 6.09 Å². The molecule has 2 N–H and O–H groups in total. The minimum absolute atomic E-state index is 0.0599. The van der Waals surface area contributed by atoms with Crippen LogP contribution in [0.3, 0.4) is 0 Å². The van der Waals surface area contributed by atoms with Crippen molar-refractivity contribution < 1.29 is 24.2 Å². The van der Waals surface area contributed by atoms with E-state index >= 15 is 0 Å². The van der Waals surface area contributed by atoms with E-state index in [0.717, 1.165) is 4.90 Å². The van der Waals surface area contributed by atoms with Crippen LogP contribution in [0.15, 0.2) is 18.2 Å². The fourth-order valence-electron chi connectivity index (χ4n) is 2.39. The number of hydrogen-bond acceptors (Lipinski definition) is 4. The predicted molar refractivity (Wildman–Crippen MR) is 80.5 cm³/mol. The van der Waals surface area contributed by atoms with Crippen LogP contribution in [0.25, 0.3) is 0 Å². The molecule has 1 aliphatic heterocycles. The van der Waals surface area contributed by atoms with Crippen molar-refractivity contribution in [3.8, 4) is 11.5 Å². The average molecular weight is 308 g/mol. The predicted octanol–water partition coefficient (Wildman–Crippen LogP) is 2.17. The van der Waals surface area contributed by atoms with Gasteiger partial charge in [-0.25, -0.2) is 4.79 Å². The summed E-state index contributed by atoms with van der Waals surface area (Å²) >= 11 is 0. The topological polar surface area (TPSA) is 88.1 Å². The summed E-state index contributed by atoms with van der Waals surface area (Å²) in [4.78, 5) is 25.0. The first-order valence-electron chi connectivity index (χ1n) is 6.88. The van der Waals surface area contributed by atoms with Crippen LogP contribution in [-0.4, -0.2) is 47.3 Å². The Morgan fingerprint density at radius 3 is 2.68 bits per heavy atom. The van der Waals surface area contributed by atoms with E-state index in [-0.39, 0.29) is 6.61 Å². The van der Waals surface area contributed by atoms with E-state index < -0.39 is 23.6 Å². The molecule has 1 aliphatic rings. The van der Waals surface area contributed by atoms with Crippen LogP contribution >= 0.6 is 0 Å². The highest BCUT2D eigenvalue weighted by Crippen LogP contribution is 2.32. The maximum Gasteiger partial charge on any atom is 0.408 e. The Morgan fingerprint density at radius 2 is 2.14 bits per heavy atom. The molecular weight excluding hydrogens is 288 g/mol. The van der Waals surface area contributed by atoms with Gasteiger partial charge in [0, 0.05) is 11.6 Å². The molecule has 0 aromatic heterocycles. The van der Waals surface area contributed by atoms with Crippen molar-refractivity contribution in [1.29, 1.82) is 0 Å². The zero-order valence-electron chi connectivity index (χ0n) is 13.0. The lowest BCUT2D eigenvalue weighted by atomic mass is 10.0. The van der Waals surface area contributed by atoms with Crippen LogP contribution in [0.2, 0.25) is 0 Å². The summed E-state index contributed by atoms with van der Waals surface area (Å²) in [5.41, 5.74) is -0.238. The number of amides is 2. The number of nitrogens with one attached hydrogen (secondary N) is 1. The summed E-state index contributed by atoms with van der Waals surface area (Å²) in [7, 11) is 1.53. The zero-order chi connectivity index (χ0) is 16.5. The molecule has 0 radical (unpaired) electrons. The van der Waals surface area contributed by atoms with Gasteiger partial charge in [0.05, 0.1) is 12.8 Å². The number of anilines is 1. The third-order valence-corrected chi connectivity index (χ3v) is 3.39. The summed E-state index contributed by atoms with van der Waals surface area (Å²) in [6, 6.07) is 4.08. The largest absolute Gasteiger partial charge is 0.497 e. The molecule has 0 aliphatic carbocycles. The molecule has 0 bridgehead atoms. The number of carbonyl (C=O) groups is 2. The zero-order valence-corrected chi connectivity index (χ0v) is 13.0. The smallest absolute Gasteiger partial charge is 0.408 e. The molecular formula is C15H20N2O5. The van der Waals surface area contributed by atoms with Crippen LogP contribution in [0, 0.1) is 0 Å². The maximum atomic E-state index is 12.4. The molecule has 2 amide bonds. The maximum absolute atomic E-state index is 12.4. The number of carbonyl (C=O) groups excluding carboxylic acids is 1. The molecule has 0 spiro atoms. The van der Waals surface area contributed by atoms with Crippen LogP contribution < -0.4 is 14.8 Å². The number of hydrogen-bond donors (Lipinski definition) is 2. The summed E-state index contributed by atoms with van der Waals surface area (Å²) in [6.07, 6.45) is -1.17. The monoisotopic (exact) mass is 308 g/mol. The van der Waals surface area contributed by atoms with Crippen molar-refractivity contribution in [2.75, 3.05) is 19.0 Å². The first-order chi connectivity index (χ1) is 10.2. The molecule has 7 nitrogen and oxygen atoms in total. The number of benzene rings is 1. The van der Waals surface area contributed by atoms with Crippen molar-refractivity contribution in [2.45, 2.75) is 32.4 Å². The van der Waals surface area contributed by atoms with Gasteiger partial charge in [-0.05, 0) is 32.9 Å². The van der Waals surface area contributed by atoms with Crippen molar-refractivity contribution in [2.24, 2.45) is 0 Å². The molecule has 120 valence electrons. The number of fused-ring (bicyclic) bond motifs is 1. The van der Waals surface area contributed by atoms with E-state index in [0.29, 0.717) is 17.2 Å². The van der Waals surface area contributed by atoms with E-state index in [9.17, 15) is 14.7 Å². The van der Waals surface area contributed by atoms with Gasteiger partial charge in [-0.2, -0.15) is 0 Å². The number of rotatable bonds is 2. The Bertz CT molecular complexity index is 594. The summed E-state index contributed by atoms with van der Waals surface area (Å²) in [5.74, 6) is 0.632. The molecule has 1 atom stereocenters. The van der Waals surface area contributed by atoms with Crippen molar-refractivity contribution in [1.82, 2.24) is 4.90 Å². The quantitative estimate of drug-likeness (QED) is 0.874. The molecule has 22 heavy (non-hydrogen) atoms. The molecule has 7 heteroatoms. The third-order valence-electron chi connectivity index (χ3n) is 3.39. The Balaban J connectivity index is 2.32. The second kappa shape index (κ2) is 5.75. The number of carboxylic acid groups (broad SMARTS) is 1. The average Bonchev–Trinajstić information content (AvgIpc) is 2.56. The van der Waals surface area contributed by atoms with Crippen LogP contribution in [0.4, 0.5) is 10.5 Å². The van der Waals surface area contributed by atoms with Gasteiger partial charge in [-0.1, -0.05) is 0 Å². The second-order valence-electron chi connectivity index (χ2n) is 6.00. The number of ether oxygens (including phenoxy) is 2. The second-order valence-corrected chi connectivity index (χ2v) is 6.00.